The first kappa shape index (κ1) is 32.4. The highest BCUT2D eigenvalue weighted by Crippen LogP contribution is 2.43. The number of rotatable bonds is 11. The zero-order valence-electron chi connectivity index (χ0n) is 24.8. The maximum absolute atomic E-state index is 14.8. The minimum absolute atomic E-state index is 0.0652. The standard InChI is InChI=1S/C32H42ClFN2O5S/c1-4-7-30(37)32(28-18-24(33)10-9-22(28)2)15-6-5-8-23(13-16-32)14-17-41-26-11-12-27(29(34)19-26)31(38)36-20-25(21-36)35-42(3,39)40/h9-12,18-19,23,25,35H,4-8,13-17,20-21H2,1-3H3. The molecule has 0 bridgehead atoms. The summed E-state index contributed by atoms with van der Waals surface area (Å²) in [7, 11) is -3.36. The summed E-state index contributed by atoms with van der Waals surface area (Å²) in [4.78, 5) is 27.7. The van der Waals surface area contributed by atoms with E-state index in [9.17, 15) is 22.4 Å². The maximum Gasteiger partial charge on any atom is 0.256 e. The second-order valence-electron chi connectivity index (χ2n) is 11.9. The van der Waals surface area contributed by atoms with Gasteiger partial charge in [-0.25, -0.2) is 17.5 Å². The van der Waals surface area contributed by atoms with Crippen LogP contribution >= 0.6 is 11.6 Å². The van der Waals surface area contributed by atoms with Gasteiger partial charge in [0.25, 0.3) is 5.91 Å². The van der Waals surface area contributed by atoms with Gasteiger partial charge in [-0.15, -0.1) is 0 Å². The van der Waals surface area contributed by atoms with Crippen molar-refractivity contribution in [3.63, 3.8) is 0 Å². The van der Waals surface area contributed by atoms with Gasteiger partial charge >= 0.3 is 0 Å². The van der Waals surface area contributed by atoms with Crippen molar-refractivity contribution in [2.75, 3.05) is 26.0 Å². The van der Waals surface area contributed by atoms with Crippen LogP contribution in [0.1, 0.15) is 86.2 Å². The third-order valence-electron chi connectivity index (χ3n) is 8.69. The number of nitrogens with zero attached hydrogens (tertiary/aromatic N) is 1. The fourth-order valence-corrected chi connectivity index (χ4v) is 7.36. The van der Waals surface area contributed by atoms with Gasteiger partial charge < -0.3 is 9.64 Å². The molecule has 1 aliphatic heterocycles. The molecule has 0 spiro atoms. The van der Waals surface area contributed by atoms with Crippen LogP contribution in [0.25, 0.3) is 0 Å². The maximum atomic E-state index is 14.8. The predicted octanol–water partition coefficient (Wildman–Crippen LogP) is 6.21. The number of benzene rings is 2. The molecule has 1 amide bonds. The highest BCUT2D eigenvalue weighted by atomic mass is 35.5. The second-order valence-corrected chi connectivity index (χ2v) is 14.2. The summed E-state index contributed by atoms with van der Waals surface area (Å²) < 4.78 is 45.9. The minimum atomic E-state index is -3.36. The van der Waals surface area contributed by atoms with Crippen LogP contribution in [-0.4, -0.2) is 57.0 Å². The Hall–Kier alpha value is -2.49. The zero-order chi connectivity index (χ0) is 30.5. The highest BCUT2D eigenvalue weighted by Gasteiger charge is 2.41. The van der Waals surface area contributed by atoms with Crippen LogP contribution in [-0.2, 0) is 20.2 Å². The third kappa shape index (κ3) is 7.91. The molecule has 230 valence electrons. The highest BCUT2D eigenvalue weighted by molar-refractivity contribution is 7.88. The van der Waals surface area contributed by atoms with Crippen LogP contribution in [0.4, 0.5) is 4.39 Å². The fraction of sp³-hybridized carbons (Fsp3) is 0.562. The molecule has 1 N–H and O–H groups in total. The average molecular weight is 621 g/mol. The number of ether oxygens (including phenoxy) is 1. The average Bonchev–Trinajstić information content (AvgIpc) is 2.88. The number of nitrogens with one attached hydrogen (secondary N) is 1. The van der Waals surface area contributed by atoms with Crippen molar-refractivity contribution < 1.29 is 27.1 Å². The van der Waals surface area contributed by atoms with Crippen molar-refractivity contribution in [3.8, 4) is 5.75 Å². The Morgan fingerprint density at radius 2 is 1.88 bits per heavy atom. The van der Waals surface area contributed by atoms with Crippen LogP contribution in [0.2, 0.25) is 5.02 Å². The van der Waals surface area contributed by atoms with E-state index >= 15 is 0 Å². The molecule has 7 nitrogen and oxygen atoms in total. The SMILES string of the molecule is CCCC(=O)C1(c2cc(Cl)ccc2C)CCCCC(CCOc2ccc(C(=O)N3CC(NS(C)(=O)=O)C3)c(F)c2)CC1. The topological polar surface area (TPSA) is 92.8 Å². The Morgan fingerprint density at radius 3 is 2.57 bits per heavy atom. The number of hydrogen-bond acceptors (Lipinski definition) is 5. The smallest absolute Gasteiger partial charge is 0.256 e. The first-order valence-corrected chi connectivity index (χ1v) is 17.2. The summed E-state index contributed by atoms with van der Waals surface area (Å²) in [5.74, 6) is -0.102. The van der Waals surface area contributed by atoms with Gasteiger partial charge in [-0.2, -0.15) is 0 Å². The van der Waals surface area contributed by atoms with Gasteiger partial charge in [0, 0.05) is 30.6 Å². The molecule has 2 atom stereocenters. The quantitative estimate of drug-likeness (QED) is 0.323. The fourth-order valence-electron chi connectivity index (χ4n) is 6.44. The van der Waals surface area contributed by atoms with Gasteiger partial charge in [0.1, 0.15) is 17.3 Å². The number of aryl methyl sites for hydroxylation is 1. The predicted molar refractivity (Wildman–Crippen MR) is 163 cm³/mol. The molecule has 2 aromatic carbocycles. The zero-order valence-corrected chi connectivity index (χ0v) is 26.3. The Morgan fingerprint density at radius 1 is 1.12 bits per heavy atom. The Balaban J connectivity index is 1.35. The number of Topliss-reactive ketones (excluding diaryl/α,β-unsaturated/α-hetero) is 1. The number of amides is 1. The number of halogens is 2. The van der Waals surface area contributed by atoms with E-state index in [0.29, 0.717) is 35.5 Å². The molecule has 2 aliphatic rings. The summed E-state index contributed by atoms with van der Waals surface area (Å²) in [6.45, 7) is 4.92. The van der Waals surface area contributed by atoms with E-state index in [1.807, 2.05) is 25.1 Å². The Bertz CT molecular complexity index is 1400. The first-order valence-electron chi connectivity index (χ1n) is 14.9. The third-order valence-corrected chi connectivity index (χ3v) is 9.68. The Labute approximate surface area is 254 Å². The normalized spacial score (nSPS) is 21.7. The van der Waals surface area contributed by atoms with Gasteiger partial charge in [0.05, 0.1) is 29.9 Å². The summed E-state index contributed by atoms with van der Waals surface area (Å²) in [5.41, 5.74) is 1.58. The number of sulfonamides is 1. The molecule has 42 heavy (non-hydrogen) atoms. The van der Waals surface area contributed by atoms with Crippen molar-refractivity contribution in [2.45, 2.75) is 83.1 Å². The lowest BCUT2D eigenvalue weighted by Crippen LogP contribution is -2.60. The summed E-state index contributed by atoms with van der Waals surface area (Å²) in [5, 5.41) is 0.657. The van der Waals surface area contributed by atoms with Crippen LogP contribution < -0.4 is 9.46 Å². The molecule has 10 heteroatoms. The molecule has 2 fully saturated rings. The molecule has 1 saturated heterocycles. The van der Waals surface area contributed by atoms with Crippen molar-refractivity contribution in [1.29, 1.82) is 0 Å². The molecule has 0 radical (unpaired) electrons. The van der Waals surface area contributed by atoms with Crippen LogP contribution in [0.3, 0.4) is 0 Å². The molecule has 1 aliphatic carbocycles. The largest absolute Gasteiger partial charge is 0.493 e. The van der Waals surface area contributed by atoms with Gasteiger partial charge in [0.15, 0.2) is 0 Å². The van der Waals surface area contributed by atoms with Crippen molar-refractivity contribution >= 4 is 33.3 Å². The summed E-state index contributed by atoms with van der Waals surface area (Å²) in [6.07, 6.45) is 8.81. The van der Waals surface area contributed by atoms with Gasteiger partial charge in [-0.1, -0.05) is 43.9 Å². The van der Waals surface area contributed by atoms with Gasteiger partial charge in [-0.3, -0.25) is 9.59 Å². The molecule has 2 unspecified atom stereocenters. The first-order chi connectivity index (χ1) is 19.9. The summed E-state index contributed by atoms with van der Waals surface area (Å²) in [6, 6.07) is 9.77. The Kier molecular flexibility index (Phi) is 10.7. The molecular weight excluding hydrogens is 579 g/mol. The van der Waals surface area contributed by atoms with E-state index in [0.717, 1.165) is 68.7 Å². The molecule has 2 aromatic rings. The lowest BCUT2D eigenvalue weighted by molar-refractivity contribution is -0.125. The van der Waals surface area contributed by atoms with Crippen LogP contribution in [0.15, 0.2) is 36.4 Å². The van der Waals surface area contributed by atoms with Gasteiger partial charge in [-0.05, 0) is 80.3 Å². The van der Waals surface area contributed by atoms with E-state index in [4.69, 9.17) is 16.3 Å². The molecule has 1 saturated carbocycles. The van der Waals surface area contributed by atoms with Crippen molar-refractivity contribution in [2.24, 2.45) is 5.92 Å². The van der Waals surface area contributed by atoms with Crippen LogP contribution in [0, 0.1) is 18.7 Å². The summed E-state index contributed by atoms with van der Waals surface area (Å²) >= 11 is 6.40. The monoisotopic (exact) mass is 620 g/mol. The molecule has 4 rings (SSSR count). The van der Waals surface area contributed by atoms with E-state index in [-0.39, 0.29) is 24.7 Å². The number of carbonyl (C=O) groups excluding carboxylic acids is 2. The van der Waals surface area contributed by atoms with E-state index in [1.165, 1.54) is 17.0 Å². The van der Waals surface area contributed by atoms with E-state index in [1.54, 1.807) is 6.07 Å². The van der Waals surface area contributed by atoms with Gasteiger partial charge in [0.2, 0.25) is 10.0 Å². The van der Waals surface area contributed by atoms with E-state index < -0.39 is 27.2 Å². The number of likely N-dealkylation sites (tertiary alicyclic amines) is 1. The van der Waals surface area contributed by atoms with Crippen LogP contribution in [0.5, 0.6) is 5.75 Å². The lowest BCUT2D eigenvalue weighted by atomic mass is 9.65. The number of hydrogen-bond donors (Lipinski definition) is 1. The lowest BCUT2D eigenvalue weighted by Gasteiger charge is -2.39. The van der Waals surface area contributed by atoms with Crippen molar-refractivity contribution in [3.05, 3.63) is 63.9 Å². The minimum Gasteiger partial charge on any atom is -0.493 e. The molecule has 1 heterocycles. The second kappa shape index (κ2) is 13.9. The number of carbonyl (C=O) groups is 2. The van der Waals surface area contributed by atoms with E-state index in [2.05, 4.69) is 11.6 Å². The van der Waals surface area contributed by atoms with Crippen molar-refractivity contribution in [1.82, 2.24) is 9.62 Å². The molecular formula is C32H42ClFN2O5S. The number of ketones is 1. The molecule has 0 aromatic heterocycles.